The van der Waals surface area contributed by atoms with Gasteiger partial charge in [0.05, 0.1) is 5.60 Å². The topological polar surface area (TPSA) is 20.2 Å². The van der Waals surface area contributed by atoms with Crippen LogP contribution in [0, 0.1) is 46.3 Å². The van der Waals surface area contributed by atoms with Crippen molar-refractivity contribution in [2.24, 2.45) is 46.3 Å². The third-order valence-electron chi connectivity index (χ3n) is 12.2. The van der Waals surface area contributed by atoms with E-state index in [1.807, 2.05) is 0 Å². The maximum Gasteiger partial charge on any atom is 0.0682 e. The van der Waals surface area contributed by atoms with Crippen LogP contribution in [0.2, 0.25) is 0 Å². The van der Waals surface area contributed by atoms with Crippen LogP contribution in [-0.2, 0) is 0 Å². The molecular weight excluding hydrogens is 376 g/mol. The number of aliphatic hydroxyl groups is 1. The van der Waals surface area contributed by atoms with Gasteiger partial charge in [-0.1, -0.05) is 77.9 Å². The average molecular weight is 427 g/mol. The van der Waals surface area contributed by atoms with Gasteiger partial charge in [0.15, 0.2) is 0 Å². The number of hydrogen-bond acceptors (Lipinski definition) is 1. The first kappa shape index (κ1) is 22.5. The normalized spacial score (nSPS) is 48.2. The Bertz CT molecular complexity index is 691. The number of fused-ring (bicyclic) bond motifs is 5. The molecule has 5 rings (SSSR count). The molecular formula is C30H50O. The molecule has 1 N–H and O–H groups in total. The van der Waals surface area contributed by atoms with Crippen LogP contribution in [0.5, 0.6) is 0 Å². The van der Waals surface area contributed by atoms with Gasteiger partial charge in [-0.3, -0.25) is 0 Å². The minimum atomic E-state index is -0.422. The molecule has 0 radical (unpaired) electrons. The lowest BCUT2D eigenvalue weighted by Crippen LogP contribution is -2.52. The third kappa shape index (κ3) is 3.68. The van der Waals surface area contributed by atoms with E-state index in [0.717, 1.165) is 54.8 Å². The molecule has 0 aliphatic heterocycles. The summed E-state index contributed by atoms with van der Waals surface area (Å²) in [7, 11) is 0. The smallest absolute Gasteiger partial charge is 0.0682 e. The molecule has 1 heteroatoms. The summed E-state index contributed by atoms with van der Waals surface area (Å²) in [6, 6.07) is 0. The third-order valence-corrected chi connectivity index (χ3v) is 12.2. The van der Waals surface area contributed by atoms with E-state index in [4.69, 9.17) is 0 Å². The standard InChI is InChI=1S/C30H50O/c1-5-30(31)19-18-28(3)23(20-30)12-13-24-26-15-14-25(29(26,4)17-16-27(24)28)21(2)8-6-9-22-10-7-11-22/h12,21-22,24-27,31H,5-11,13-20H2,1-4H3/t21-,24+,25-,26+,27+,28+,29-,30+/m1/s1. The van der Waals surface area contributed by atoms with Crippen LogP contribution in [0.3, 0.4) is 0 Å². The van der Waals surface area contributed by atoms with Crippen LogP contribution < -0.4 is 0 Å². The summed E-state index contributed by atoms with van der Waals surface area (Å²) in [4.78, 5) is 0. The molecule has 8 atom stereocenters. The molecule has 5 aliphatic rings. The molecule has 0 aromatic rings. The Balaban J connectivity index is 1.28. The number of rotatable bonds is 6. The SMILES string of the molecule is CC[C@]1(O)CC[C@@]2(C)C(=CC[C@H]3[C@@H]4CC[C@H]([C@H](C)CCCC5CCC5)[C@@]4(C)CC[C@@H]32)C1. The van der Waals surface area contributed by atoms with E-state index in [-0.39, 0.29) is 0 Å². The van der Waals surface area contributed by atoms with Crippen LogP contribution in [0.25, 0.3) is 0 Å². The maximum absolute atomic E-state index is 11.0. The van der Waals surface area contributed by atoms with Crippen LogP contribution in [0.4, 0.5) is 0 Å². The highest BCUT2D eigenvalue weighted by molar-refractivity contribution is 5.27. The van der Waals surface area contributed by atoms with Crippen molar-refractivity contribution in [2.75, 3.05) is 0 Å². The van der Waals surface area contributed by atoms with Gasteiger partial charge < -0.3 is 5.11 Å². The molecule has 4 saturated carbocycles. The number of allylic oxidation sites excluding steroid dienone is 1. The second kappa shape index (κ2) is 8.18. The van der Waals surface area contributed by atoms with E-state index in [1.54, 1.807) is 5.57 Å². The summed E-state index contributed by atoms with van der Waals surface area (Å²) < 4.78 is 0. The van der Waals surface area contributed by atoms with Crippen molar-refractivity contribution >= 4 is 0 Å². The predicted molar refractivity (Wildman–Crippen MR) is 131 cm³/mol. The van der Waals surface area contributed by atoms with E-state index in [0.29, 0.717) is 10.8 Å². The lowest BCUT2D eigenvalue weighted by molar-refractivity contribution is -0.0755. The molecule has 0 aromatic heterocycles. The molecule has 31 heavy (non-hydrogen) atoms. The van der Waals surface area contributed by atoms with Gasteiger partial charge in [-0.15, -0.1) is 0 Å². The molecule has 0 amide bonds. The lowest BCUT2D eigenvalue weighted by Gasteiger charge is -2.59. The fraction of sp³-hybridized carbons (Fsp3) is 0.933. The van der Waals surface area contributed by atoms with E-state index in [2.05, 4.69) is 33.8 Å². The van der Waals surface area contributed by atoms with Gasteiger partial charge in [-0.25, -0.2) is 0 Å². The zero-order valence-electron chi connectivity index (χ0n) is 21.1. The molecule has 176 valence electrons. The van der Waals surface area contributed by atoms with Gasteiger partial charge in [0.2, 0.25) is 0 Å². The summed E-state index contributed by atoms with van der Waals surface area (Å²) in [6.45, 7) is 10.1. The zero-order chi connectivity index (χ0) is 21.9. The quantitative estimate of drug-likeness (QED) is 0.423. The largest absolute Gasteiger partial charge is 0.390 e. The predicted octanol–water partition coefficient (Wildman–Crippen LogP) is 8.31. The van der Waals surface area contributed by atoms with Crippen LogP contribution >= 0.6 is 0 Å². The molecule has 1 nitrogen and oxygen atoms in total. The van der Waals surface area contributed by atoms with Gasteiger partial charge >= 0.3 is 0 Å². The first-order chi connectivity index (χ1) is 14.8. The van der Waals surface area contributed by atoms with Crippen molar-refractivity contribution < 1.29 is 5.11 Å². The molecule has 0 saturated heterocycles. The van der Waals surface area contributed by atoms with Gasteiger partial charge in [-0.05, 0) is 104 Å². The Hall–Kier alpha value is -0.300. The maximum atomic E-state index is 11.0. The van der Waals surface area contributed by atoms with Crippen molar-refractivity contribution in [1.29, 1.82) is 0 Å². The van der Waals surface area contributed by atoms with Crippen LogP contribution in [0.1, 0.15) is 124 Å². The minimum absolute atomic E-state index is 0.373. The monoisotopic (exact) mass is 426 g/mol. The number of hydrogen-bond donors (Lipinski definition) is 1. The molecule has 0 unspecified atom stereocenters. The summed E-state index contributed by atoms with van der Waals surface area (Å²) in [5.74, 6) is 5.71. The van der Waals surface area contributed by atoms with Gasteiger partial charge in [0.1, 0.15) is 0 Å². The van der Waals surface area contributed by atoms with Crippen molar-refractivity contribution in [3.63, 3.8) is 0 Å². The Labute approximate surface area is 192 Å². The van der Waals surface area contributed by atoms with Gasteiger partial charge in [0, 0.05) is 0 Å². The van der Waals surface area contributed by atoms with E-state index < -0.39 is 5.60 Å². The fourth-order valence-corrected chi connectivity index (χ4v) is 9.70. The van der Waals surface area contributed by atoms with Crippen molar-refractivity contribution in [1.82, 2.24) is 0 Å². The Kier molecular flexibility index (Phi) is 5.93. The highest BCUT2D eigenvalue weighted by atomic mass is 16.3. The fourth-order valence-electron chi connectivity index (χ4n) is 9.70. The second-order valence-corrected chi connectivity index (χ2v) is 13.4. The summed E-state index contributed by atoms with van der Waals surface area (Å²) >= 11 is 0. The van der Waals surface area contributed by atoms with E-state index in [1.165, 1.54) is 77.0 Å². The van der Waals surface area contributed by atoms with Crippen LogP contribution in [0.15, 0.2) is 11.6 Å². The summed E-state index contributed by atoms with van der Waals surface area (Å²) in [6.07, 6.45) is 22.9. The first-order valence-electron chi connectivity index (χ1n) is 14.2. The molecule has 4 fully saturated rings. The van der Waals surface area contributed by atoms with Crippen molar-refractivity contribution in [3.8, 4) is 0 Å². The Morgan fingerprint density at radius 1 is 1.03 bits per heavy atom. The Morgan fingerprint density at radius 2 is 1.84 bits per heavy atom. The highest BCUT2D eigenvalue weighted by Crippen LogP contribution is 2.67. The summed E-state index contributed by atoms with van der Waals surface area (Å²) in [5.41, 5.74) is 2.18. The molecule has 0 spiro atoms. The second-order valence-electron chi connectivity index (χ2n) is 13.4. The Morgan fingerprint density at radius 3 is 2.55 bits per heavy atom. The molecule has 0 aromatic carbocycles. The molecule has 5 aliphatic carbocycles. The van der Waals surface area contributed by atoms with Gasteiger partial charge in [0.25, 0.3) is 0 Å². The first-order valence-corrected chi connectivity index (χ1v) is 14.2. The minimum Gasteiger partial charge on any atom is -0.390 e. The molecule has 0 bridgehead atoms. The summed E-state index contributed by atoms with van der Waals surface area (Å²) in [5, 5.41) is 11.0. The average Bonchev–Trinajstić information content (AvgIpc) is 3.07. The van der Waals surface area contributed by atoms with Crippen LogP contribution in [-0.4, -0.2) is 10.7 Å². The van der Waals surface area contributed by atoms with E-state index in [9.17, 15) is 5.11 Å². The van der Waals surface area contributed by atoms with Crippen molar-refractivity contribution in [2.45, 2.75) is 130 Å². The van der Waals surface area contributed by atoms with Crippen molar-refractivity contribution in [3.05, 3.63) is 11.6 Å². The van der Waals surface area contributed by atoms with E-state index >= 15 is 0 Å². The zero-order valence-corrected chi connectivity index (χ0v) is 21.1. The lowest BCUT2D eigenvalue weighted by atomic mass is 9.46. The highest BCUT2D eigenvalue weighted by Gasteiger charge is 2.59. The molecule has 0 heterocycles. The van der Waals surface area contributed by atoms with Gasteiger partial charge in [-0.2, -0.15) is 0 Å².